The van der Waals surface area contributed by atoms with Crippen LogP contribution in [-0.2, 0) is 4.79 Å². The molecule has 0 aromatic heterocycles. The van der Waals surface area contributed by atoms with E-state index in [0.29, 0.717) is 12.8 Å². The van der Waals surface area contributed by atoms with Gasteiger partial charge in [0.25, 0.3) is 0 Å². The van der Waals surface area contributed by atoms with E-state index in [9.17, 15) is 9.18 Å². The second kappa shape index (κ2) is 4.55. The zero-order valence-electron chi connectivity index (χ0n) is 8.32. The van der Waals surface area contributed by atoms with Crippen molar-refractivity contribution in [2.75, 3.05) is 6.61 Å². The van der Waals surface area contributed by atoms with E-state index in [4.69, 9.17) is 5.11 Å². The maximum absolute atomic E-state index is 13.3. The Morgan fingerprint density at radius 1 is 1.71 bits per heavy atom. The van der Waals surface area contributed by atoms with E-state index in [1.807, 2.05) is 0 Å². The first-order valence-corrected chi connectivity index (χ1v) is 4.81. The Kier molecular flexibility index (Phi) is 3.63. The fraction of sp³-hybridized carbons (Fsp3) is 0.700. The number of rotatable bonds is 2. The van der Waals surface area contributed by atoms with Crippen LogP contribution in [0.5, 0.6) is 0 Å². The molecule has 1 heterocycles. The third kappa shape index (κ3) is 1.95. The number of halogens is 1. The lowest BCUT2D eigenvalue weighted by Gasteiger charge is -2.41. The van der Waals surface area contributed by atoms with Crippen LogP contribution in [0.2, 0.25) is 0 Å². The van der Waals surface area contributed by atoms with Gasteiger partial charge in [-0.1, -0.05) is 6.58 Å². The number of hydrogen-bond donors (Lipinski definition) is 1. The van der Waals surface area contributed by atoms with Crippen molar-refractivity contribution in [3.63, 3.8) is 0 Å². The molecule has 1 N–H and O–H groups in total. The van der Waals surface area contributed by atoms with Gasteiger partial charge in [0.05, 0.1) is 18.7 Å². The first kappa shape index (κ1) is 11.2. The number of likely N-dealkylation sites (tertiary alicyclic amines) is 1. The van der Waals surface area contributed by atoms with E-state index in [2.05, 4.69) is 6.58 Å². The summed E-state index contributed by atoms with van der Waals surface area (Å²) in [6.07, 6.45) is 1.09. The van der Waals surface area contributed by atoms with Gasteiger partial charge in [0.1, 0.15) is 6.17 Å². The van der Waals surface area contributed by atoms with Gasteiger partial charge in [-0.2, -0.15) is 0 Å². The van der Waals surface area contributed by atoms with Crippen molar-refractivity contribution in [2.24, 2.45) is 0 Å². The average molecular weight is 201 g/mol. The monoisotopic (exact) mass is 201 g/mol. The summed E-state index contributed by atoms with van der Waals surface area (Å²) in [6.45, 7) is 4.91. The summed E-state index contributed by atoms with van der Waals surface area (Å²) in [5, 5.41) is 9.06. The summed E-state index contributed by atoms with van der Waals surface area (Å²) < 4.78 is 13.3. The van der Waals surface area contributed by atoms with Crippen molar-refractivity contribution in [2.45, 2.75) is 38.0 Å². The summed E-state index contributed by atoms with van der Waals surface area (Å²) in [4.78, 5) is 12.8. The topological polar surface area (TPSA) is 40.5 Å². The van der Waals surface area contributed by atoms with Gasteiger partial charge in [-0.25, -0.2) is 4.39 Å². The molecule has 3 unspecified atom stereocenters. The van der Waals surface area contributed by atoms with Crippen LogP contribution in [-0.4, -0.2) is 40.8 Å². The lowest BCUT2D eigenvalue weighted by atomic mass is 9.95. The molecule has 3 atom stereocenters. The highest BCUT2D eigenvalue weighted by atomic mass is 19.1. The number of nitrogens with zero attached hydrogens (tertiary/aromatic N) is 1. The number of aliphatic hydroxyl groups is 1. The molecule has 14 heavy (non-hydrogen) atoms. The standard InChI is InChI=1S/C10H16FNO2/c1-3-10(14)12-7(2)9(11)5-4-8(12)6-13/h3,7-9,13H,1,4-6H2,2H3. The number of aliphatic hydroxyl groups excluding tert-OH is 1. The molecule has 0 radical (unpaired) electrons. The summed E-state index contributed by atoms with van der Waals surface area (Å²) in [5.74, 6) is -0.307. The highest BCUT2D eigenvalue weighted by molar-refractivity contribution is 5.87. The molecule has 4 heteroatoms. The Bertz CT molecular complexity index is 230. The summed E-state index contributed by atoms with van der Waals surface area (Å²) in [7, 11) is 0. The van der Waals surface area contributed by atoms with Crippen LogP contribution in [0.1, 0.15) is 19.8 Å². The first-order chi connectivity index (χ1) is 6.61. The third-order valence-electron chi connectivity index (χ3n) is 2.77. The van der Waals surface area contributed by atoms with E-state index >= 15 is 0 Å². The maximum Gasteiger partial charge on any atom is 0.246 e. The van der Waals surface area contributed by atoms with E-state index < -0.39 is 12.2 Å². The van der Waals surface area contributed by atoms with E-state index in [1.165, 1.54) is 4.90 Å². The molecule has 1 saturated heterocycles. The second-order valence-electron chi connectivity index (χ2n) is 3.62. The van der Waals surface area contributed by atoms with Crippen LogP contribution in [0.25, 0.3) is 0 Å². The molecule has 0 aromatic rings. The zero-order valence-corrected chi connectivity index (χ0v) is 8.32. The minimum Gasteiger partial charge on any atom is -0.394 e. The molecule has 1 amide bonds. The third-order valence-corrected chi connectivity index (χ3v) is 2.77. The van der Waals surface area contributed by atoms with Crippen molar-refractivity contribution in [1.29, 1.82) is 0 Å². The van der Waals surface area contributed by atoms with Gasteiger partial charge in [0.2, 0.25) is 5.91 Å². The van der Waals surface area contributed by atoms with Crippen LogP contribution in [0.15, 0.2) is 12.7 Å². The van der Waals surface area contributed by atoms with Gasteiger partial charge in [0, 0.05) is 0 Å². The van der Waals surface area contributed by atoms with Gasteiger partial charge in [-0.05, 0) is 25.8 Å². The van der Waals surface area contributed by atoms with Gasteiger partial charge in [-0.15, -0.1) is 0 Å². The highest BCUT2D eigenvalue weighted by Gasteiger charge is 2.36. The van der Waals surface area contributed by atoms with Gasteiger partial charge >= 0.3 is 0 Å². The number of hydrogen-bond acceptors (Lipinski definition) is 2. The second-order valence-corrected chi connectivity index (χ2v) is 3.62. The van der Waals surface area contributed by atoms with Crippen molar-refractivity contribution in [3.8, 4) is 0 Å². The zero-order chi connectivity index (χ0) is 10.7. The summed E-state index contributed by atoms with van der Waals surface area (Å²) >= 11 is 0. The average Bonchev–Trinajstić information content (AvgIpc) is 2.20. The molecule has 0 aliphatic carbocycles. The molecule has 0 spiro atoms. The highest BCUT2D eigenvalue weighted by Crippen LogP contribution is 2.25. The maximum atomic E-state index is 13.3. The Morgan fingerprint density at radius 2 is 2.36 bits per heavy atom. The van der Waals surface area contributed by atoms with Gasteiger partial charge in [0.15, 0.2) is 0 Å². The molecule has 1 aliphatic rings. The van der Waals surface area contributed by atoms with Gasteiger partial charge < -0.3 is 10.0 Å². The molecule has 1 fully saturated rings. The van der Waals surface area contributed by atoms with Crippen molar-refractivity contribution in [3.05, 3.63) is 12.7 Å². The Labute approximate surface area is 83.2 Å². The number of amides is 1. The predicted molar refractivity (Wildman–Crippen MR) is 51.5 cm³/mol. The molecular formula is C10H16FNO2. The quantitative estimate of drug-likeness (QED) is 0.674. The van der Waals surface area contributed by atoms with Gasteiger partial charge in [-0.3, -0.25) is 4.79 Å². The van der Waals surface area contributed by atoms with E-state index in [0.717, 1.165) is 6.08 Å². The molecule has 0 aromatic carbocycles. The van der Waals surface area contributed by atoms with Crippen LogP contribution in [0, 0.1) is 0 Å². The molecule has 3 nitrogen and oxygen atoms in total. The van der Waals surface area contributed by atoms with Crippen LogP contribution in [0.4, 0.5) is 4.39 Å². The number of carbonyl (C=O) groups is 1. The van der Waals surface area contributed by atoms with Crippen LogP contribution < -0.4 is 0 Å². The number of carbonyl (C=O) groups excluding carboxylic acids is 1. The lowest BCUT2D eigenvalue weighted by molar-refractivity contribution is -0.136. The fourth-order valence-corrected chi connectivity index (χ4v) is 1.90. The first-order valence-electron chi connectivity index (χ1n) is 4.81. The summed E-state index contributed by atoms with van der Waals surface area (Å²) in [6, 6.07) is -0.728. The van der Waals surface area contributed by atoms with E-state index in [1.54, 1.807) is 6.92 Å². The SMILES string of the molecule is C=CC(=O)N1C(CO)CCC(F)C1C. The fourth-order valence-electron chi connectivity index (χ4n) is 1.90. The van der Waals surface area contributed by atoms with Crippen LogP contribution in [0.3, 0.4) is 0 Å². The predicted octanol–water partition coefficient (Wildman–Crippen LogP) is 0.882. The minimum absolute atomic E-state index is 0.114. The Balaban J connectivity index is 2.81. The molecule has 80 valence electrons. The minimum atomic E-state index is -0.998. The van der Waals surface area contributed by atoms with Crippen LogP contribution >= 0.6 is 0 Å². The Hall–Kier alpha value is -0.900. The summed E-state index contributed by atoms with van der Waals surface area (Å²) in [5.41, 5.74) is 0. The number of alkyl halides is 1. The smallest absolute Gasteiger partial charge is 0.246 e. The normalized spacial score (nSPS) is 32.8. The lowest BCUT2D eigenvalue weighted by Crippen LogP contribution is -2.54. The largest absolute Gasteiger partial charge is 0.394 e. The van der Waals surface area contributed by atoms with Crippen molar-refractivity contribution in [1.82, 2.24) is 4.90 Å². The molecular weight excluding hydrogens is 185 g/mol. The van der Waals surface area contributed by atoms with E-state index in [-0.39, 0.29) is 18.6 Å². The molecule has 0 saturated carbocycles. The molecule has 1 aliphatic heterocycles. The Morgan fingerprint density at radius 3 is 2.86 bits per heavy atom. The molecule has 0 bridgehead atoms. The number of piperidine rings is 1. The van der Waals surface area contributed by atoms with Crippen molar-refractivity contribution < 1.29 is 14.3 Å². The van der Waals surface area contributed by atoms with Crippen molar-refractivity contribution >= 4 is 5.91 Å². The molecule has 1 rings (SSSR count).